The molecule has 0 aliphatic carbocycles. The summed E-state index contributed by atoms with van der Waals surface area (Å²) in [4.78, 5) is 24.3. The van der Waals surface area contributed by atoms with Crippen LogP contribution in [0.5, 0.6) is 0 Å². The number of carboxylic acids is 1. The van der Waals surface area contributed by atoms with Gasteiger partial charge in [0.1, 0.15) is 4.32 Å². The fraction of sp³-hybridized carbons (Fsp3) is 0.545. The molecular formula is C11H15NO5S2. The number of hydrogen-bond donors (Lipinski definition) is 1. The molecule has 106 valence electrons. The van der Waals surface area contributed by atoms with Gasteiger partial charge in [0.25, 0.3) is 5.91 Å². The van der Waals surface area contributed by atoms with Crippen molar-refractivity contribution in [1.29, 1.82) is 0 Å². The van der Waals surface area contributed by atoms with Crippen molar-refractivity contribution in [3.05, 3.63) is 11.0 Å². The SMILES string of the molecule is COC(/C=C1/SC(=S)N(CCCC(=O)O)C1=O)OC. The van der Waals surface area contributed by atoms with Crippen molar-refractivity contribution in [2.45, 2.75) is 19.1 Å². The van der Waals surface area contributed by atoms with Crippen molar-refractivity contribution in [2.75, 3.05) is 20.8 Å². The molecule has 1 N–H and O–H groups in total. The lowest BCUT2D eigenvalue weighted by Crippen LogP contribution is -2.29. The van der Waals surface area contributed by atoms with Crippen molar-refractivity contribution < 1.29 is 24.2 Å². The van der Waals surface area contributed by atoms with Crippen molar-refractivity contribution in [1.82, 2.24) is 4.90 Å². The van der Waals surface area contributed by atoms with Crippen LogP contribution in [0.25, 0.3) is 0 Å². The third-order valence-electron chi connectivity index (χ3n) is 2.40. The molecule has 0 aromatic heterocycles. The quantitative estimate of drug-likeness (QED) is 0.430. The molecule has 0 spiro atoms. The lowest BCUT2D eigenvalue weighted by Gasteiger charge is -2.13. The predicted molar refractivity (Wildman–Crippen MR) is 74.7 cm³/mol. The Labute approximate surface area is 120 Å². The van der Waals surface area contributed by atoms with Crippen LogP contribution in [-0.2, 0) is 19.1 Å². The lowest BCUT2D eigenvalue weighted by molar-refractivity contribution is -0.137. The number of thiocarbonyl (C=S) groups is 1. The Hall–Kier alpha value is -0.960. The van der Waals surface area contributed by atoms with Gasteiger partial charge >= 0.3 is 5.97 Å². The normalized spacial score (nSPS) is 17.8. The van der Waals surface area contributed by atoms with E-state index in [0.717, 1.165) is 11.8 Å². The Balaban J connectivity index is 2.65. The highest BCUT2D eigenvalue weighted by molar-refractivity contribution is 8.26. The standard InChI is InChI=1S/C11H15NO5S2/c1-16-9(17-2)6-7-10(15)12(11(18)19-7)5-3-4-8(13)14/h6,9H,3-5H2,1-2H3,(H,13,14)/b7-6+. The van der Waals surface area contributed by atoms with Gasteiger partial charge in [0.2, 0.25) is 0 Å². The minimum Gasteiger partial charge on any atom is -0.481 e. The summed E-state index contributed by atoms with van der Waals surface area (Å²) in [7, 11) is 2.94. The number of hydrogen-bond acceptors (Lipinski definition) is 6. The van der Waals surface area contributed by atoms with Crippen LogP contribution in [0.2, 0.25) is 0 Å². The summed E-state index contributed by atoms with van der Waals surface area (Å²) < 4.78 is 10.4. The monoisotopic (exact) mass is 305 g/mol. The zero-order valence-electron chi connectivity index (χ0n) is 10.6. The molecule has 1 aliphatic rings. The Morgan fingerprint density at radius 1 is 1.53 bits per heavy atom. The molecule has 0 atom stereocenters. The highest BCUT2D eigenvalue weighted by Gasteiger charge is 2.32. The number of thioether (sulfide) groups is 1. The molecule has 8 heteroatoms. The molecule has 1 heterocycles. The molecule has 19 heavy (non-hydrogen) atoms. The first-order chi connectivity index (χ1) is 8.99. The number of nitrogens with zero attached hydrogens (tertiary/aromatic N) is 1. The average Bonchev–Trinajstić information content (AvgIpc) is 2.62. The fourth-order valence-corrected chi connectivity index (χ4v) is 2.74. The van der Waals surface area contributed by atoms with Gasteiger partial charge < -0.3 is 14.6 Å². The topological polar surface area (TPSA) is 76.1 Å². The molecule has 1 aliphatic heterocycles. The molecule has 0 radical (unpaired) electrons. The fourth-order valence-electron chi connectivity index (χ4n) is 1.45. The second-order valence-electron chi connectivity index (χ2n) is 3.69. The highest BCUT2D eigenvalue weighted by atomic mass is 32.2. The third kappa shape index (κ3) is 4.57. The van der Waals surface area contributed by atoms with E-state index < -0.39 is 12.3 Å². The predicted octanol–water partition coefficient (Wildman–Crippen LogP) is 1.21. The molecule has 0 saturated carbocycles. The number of aliphatic carboxylic acids is 1. The first kappa shape index (κ1) is 16.1. The molecule has 0 aromatic rings. The molecule has 0 bridgehead atoms. The largest absolute Gasteiger partial charge is 0.481 e. The van der Waals surface area contributed by atoms with E-state index >= 15 is 0 Å². The summed E-state index contributed by atoms with van der Waals surface area (Å²) in [6, 6.07) is 0. The smallest absolute Gasteiger partial charge is 0.303 e. The lowest BCUT2D eigenvalue weighted by atomic mass is 10.3. The van der Waals surface area contributed by atoms with E-state index in [1.807, 2.05) is 0 Å². The molecule has 0 aromatic carbocycles. The summed E-state index contributed by atoms with van der Waals surface area (Å²) in [5, 5.41) is 8.57. The number of carbonyl (C=O) groups excluding carboxylic acids is 1. The number of methoxy groups -OCH3 is 2. The Kier molecular flexibility index (Phi) is 6.43. The first-order valence-corrected chi connectivity index (χ1v) is 6.75. The van der Waals surface area contributed by atoms with Gasteiger partial charge in [-0.15, -0.1) is 0 Å². The van der Waals surface area contributed by atoms with Gasteiger partial charge in [-0.3, -0.25) is 14.5 Å². The number of carbonyl (C=O) groups is 2. The van der Waals surface area contributed by atoms with Crippen LogP contribution in [0.4, 0.5) is 0 Å². The second kappa shape index (κ2) is 7.59. The maximum Gasteiger partial charge on any atom is 0.303 e. The van der Waals surface area contributed by atoms with Gasteiger partial charge in [-0.1, -0.05) is 24.0 Å². The van der Waals surface area contributed by atoms with Crippen LogP contribution in [0.15, 0.2) is 11.0 Å². The molecule has 6 nitrogen and oxygen atoms in total. The minimum atomic E-state index is -0.889. The maximum atomic E-state index is 12.0. The summed E-state index contributed by atoms with van der Waals surface area (Å²) in [5.41, 5.74) is 0. The summed E-state index contributed by atoms with van der Waals surface area (Å²) in [5.74, 6) is -1.13. The van der Waals surface area contributed by atoms with E-state index in [0.29, 0.717) is 22.2 Å². The van der Waals surface area contributed by atoms with E-state index in [2.05, 4.69) is 0 Å². The van der Waals surface area contributed by atoms with Gasteiger partial charge in [0.15, 0.2) is 6.29 Å². The van der Waals surface area contributed by atoms with Crippen LogP contribution < -0.4 is 0 Å². The van der Waals surface area contributed by atoms with Gasteiger partial charge in [-0.2, -0.15) is 0 Å². The van der Waals surface area contributed by atoms with Gasteiger partial charge in [-0.25, -0.2) is 0 Å². The van der Waals surface area contributed by atoms with E-state index in [9.17, 15) is 9.59 Å². The third-order valence-corrected chi connectivity index (χ3v) is 3.79. The minimum absolute atomic E-state index is 0.00880. The van der Waals surface area contributed by atoms with Crippen molar-refractivity contribution in [3.8, 4) is 0 Å². The number of ether oxygens (including phenoxy) is 2. The summed E-state index contributed by atoms with van der Waals surface area (Å²) in [6.45, 7) is 0.305. The maximum absolute atomic E-state index is 12.0. The highest BCUT2D eigenvalue weighted by Crippen LogP contribution is 2.31. The first-order valence-electron chi connectivity index (χ1n) is 5.52. The second-order valence-corrected chi connectivity index (χ2v) is 5.37. The van der Waals surface area contributed by atoms with E-state index in [1.54, 1.807) is 6.08 Å². The molecule has 1 amide bonds. The zero-order chi connectivity index (χ0) is 14.4. The molecular weight excluding hydrogens is 290 g/mol. The van der Waals surface area contributed by atoms with E-state index in [4.69, 9.17) is 26.8 Å². The number of amides is 1. The van der Waals surface area contributed by atoms with Crippen molar-refractivity contribution >= 4 is 40.2 Å². The van der Waals surface area contributed by atoms with E-state index in [1.165, 1.54) is 19.1 Å². The molecule has 1 fully saturated rings. The Morgan fingerprint density at radius 3 is 2.68 bits per heavy atom. The Bertz CT molecular complexity index is 406. The van der Waals surface area contributed by atoms with Gasteiger partial charge in [-0.05, 0) is 12.5 Å². The van der Waals surface area contributed by atoms with Crippen LogP contribution in [0.1, 0.15) is 12.8 Å². The molecule has 1 saturated heterocycles. The van der Waals surface area contributed by atoms with E-state index in [-0.39, 0.29) is 12.3 Å². The summed E-state index contributed by atoms with van der Waals surface area (Å²) >= 11 is 6.26. The molecule has 1 rings (SSSR count). The van der Waals surface area contributed by atoms with Gasteiger partial charge in [0, 0.05) is 27.2 Å². The van der Waals surface area contributed by atoms with Crippen LogP contribution in [0.3, 0.4) is 0 Å². The van der Waals surface area contributed by atoms with Crippen molar-refractivity contribution in [2.24, 2.45) is 0 Å². The summed E-state index contributed by atoms with van der Waals surface area (Å²) in [6.07, 6.45) is 1.33. The number of rotatable bonds is 7. The van der Waals surface area contributed by atoms with Gasteiger partial charge in [0.05, 0.1) is 4.91 Å². The van der Waals surface area contributed by atoms with Crippen LogP contribution in [0, 0.1) is 0 Å². The average molecular weight is 305 g/mol. The Morgan fingerprint density at radius 2 is 2.16 bits per heavy atom. The zero-order valence-corrected chi connectivity index (χ0v) is 12.3. The molecule has 0 unspecified atom stereocenters. The number of carboxylic acid groups (broad SMARTS) is 1. The van der Waals surface area contributed by atoms with Crippen LogP contribution >= 0.6 is 24.0 Å². The van der Waals surface area contributed by atoms with Crippen molar-refractivity contribution in [3.63, 3.8) is 0 Å². The van der Waals surface area contributed by atoms with Crippen LogP contribution in [-0.4, -0.2) is 53.3 Å².